The molecule has 80 valence electrons. The van der Waals surface area contributed by atoms with Crippen molar-refractivity contribution in [1.82, 2.24) is 4.90 Å². The van der Waals surface area contributed by atoms with E-state index < -0.39 is 8.17 Å². The molecule has 1 heterocycles. The number of rotatable bonds is 4. The molecule has 5 nitrogen and oxygen atoms in total. The summed E-state index contributed by atoms with van der Waals surface area (Å²) in [5.74, 6) is 0. The van der Waals surface area contributed by atoms with Gasteiger partial charge in [0.05, 0.1) is 0 Å². The summed E-state index contributed by atoms with van der Waals surface area (Å²) >= 11 is 0. The molecule has 0 spiro atoms. The Morgan fingerprint density at radius 2 is 2.15 bits per heavy atom. The molecule has 3 N–H and O–H groups in total. The number of hydrogen-bond donors (Lipinski definition) is 3. The Morgan fingerprint density at radius 3 is 2.69 bits per heavy atom. The number of nitrogens with zero attached hydrogens (tertiary/aromatic N) is 1. The van der Waals surface area contributed by atoms with Crippen LogP contribution in [0.3, 0.4) is 0 Å². The van der Waals surface area contributed by atoms with E-state index in [9.17, 15) is 0 Å². The molecule has 1 rings (SSSR count). The monoisotopic (exact) mass is 211 g/mol. The van der Waals surface area contributed by atoms with E-state index in [0.29, 0.717) is 0 Å². The number of hydrogen-bond acceptors (Lipinski definition) is 5. The molecule has 1 unspecified atom stereocenters. The van der Waals surface area contributed by atoms with Crippen molar-refractivity contribution in [3.8, 4) is 0 Å². The van der Waals surface area contributed by atoms with Gasteiger partial charge < -0.3 is 0 Å². The quantitative estimate of drug-likeness (QED) is 0.565. The molecule has 0 aromatic rings. The third-order valence-corrected chi connectivity index (χ3v) is 2.93. The predicted octanol–water partition coefficient (Wildman–Crippen LogP) is -0.126. The van der Waals surface area contributed by atoms with E-state index in [4.69, 9.17) is 14.7 Å². The van der Waals surface area contributed by atoms with Gasteiger partial charge in [-0.2, -0.15) is 0 Å². The molecule has 1 aliphatic rings. The van der Waals surface area contributed by atoms with Crippen LogP contribution in [0.15, 0.2) is 0 Å². The van der Waals surface area contributed by atoms with E-state index >= 15 is 0 Å². The SMILES string of the molecule is CCN1CCCC1CO[PH](O)(O)O. The number of likely N-dealkylation sites (tertiary alicyclic amines) is 1. The Hall–Kier alpha value is 0.230. The van der Waals surface area contributed by atoms with E-state index in [1.807, 2.05) is 0 Å². The third kappa shape index (κ3) is 3.85. The second-order valence-electron chi connectivity index (χ2n) is 3.31. The minimum atomic E-state index is -4.29. The maximum atomic E-state index is 8.65. The van der Waals surface area contributed by atoms with Gasteiger partial charge in [-0.15, -0.1) is 0 Å². The Balaban J connectivity index is 2.28. The molecular weight excluding hydrogens is 193 g/mol. The summed E-state index contributed by atoms with van der Waals surface area (Å²) in [6.07, 6.45) is 2.11. The van der Waals surface area contributed by atoms with Crippen molar-refractivity contribution in [2.75, 3.05) is 19.7 Å². The average molecular weight is 211 g/mol. The molecule has 0 aliphatic carbocycles. The van der Waals surface area contributed by atoms with Crippen molar-refractivity contribution in [2.45, 2.75) is 25.8 Å². The molecule has 0 aromatic carbocycles. The Bertz CT molecular complexity index is 161. The van der Waals surface area contributed by atoms with Crippen LogP contribution in [0.4, 0.5) is 0 Å². The zero-order valence-corrected chi connectivity index (χ0v) is 8.81. The van der Waals surface area contributed by atoms with Gasteiger partial charge in [-0.1, -0.05) is 0 Å². The first-order valence-electron chi connectivity index (χ1n) is 4.58. The predicted molar refractivity (Wildman–Crippen MR) is 51.2 cm³/mol. The van der Waals surface area contributed by atoms with Gasteiger partial charge in [0.2, 0.25) is 0 Å². The van der Waals surface area contributed by atoms with Crippen molar-refractivity contribution < 1.29 is 19.2 Å². The summed E-state index contributed by atoms with van der Waals surface area (Å²) in [5.41, 5.74) is 0. The Kier molecular flexibility index (Phi) is 4.04. The summed E-state index contributed by atoms with van der Waals surface area (Å²) in [4.78, 5) is 28.1. The first kappa shape index (κ1) is 11.3. The van der Waals surface area contributed by atoms with E-state index in [2.05, 4.69) is 16.3 Å². The van der Waals surface area contributed by atoms with Crippen LogP contribution >= 0.6 is 8.17 Å². The summed E-state index contributed by atoms with van der Waals surface area (Å²) in [6, 6.07) is 0.225. The summed E-state index contributed by atoms with van der Waals surface area (Å²) < 4.78 is 4.61. The first-order chi connectivity index (χ1) is 6.03. The minimum absolute atomic E-state index is 0.212. The molecule has 1 saturated heterocycles. The average Bonchev–Trinajstić information content (AvgIpc) is 2.46. The molecule has 0 bridgehead atoms. The van der Waals surface area contributed by atoms with Crippen LogP contribution in [-0.4, -0.2) is 45.3 Å². The normalized spacial score (nSPS) is 26.6. The van der Waals surface area contributed by atoms with E-state index in [1.165, 1.54) is 0 Å². The van der Waals surface area contributed by atoms with Gasteiger partial charge >= 0.3 is 77.8 Å². The molecule has 6 heteroatoms. The molecule has 0 radical (unpaired) electrons. The molecule has 13 heavy (non-hydrogen) atoms. The fraction of sp³-hybridized carbons (Fsp3) is 1.00. The summed E-state index contributed by atoms with van der Waals surface area (Å²) in [7, 11) is -4.29. The van der Waals surface area contributed by atoms with Crippen molar-refractivity contribution in [1.29, 1.82) is 0 Å². The number of likely N-dealkylation sites (N-methyl/N-ethyl adjacent to an activating group) is 1. The van der Waals surface area contributed by atoms with E-state index in [-0.39, 0.29) is 12.6 Å². The molecule has 0 amide bonds. The Labute approximate surface area is 78.6 Å². The van der Waals surface area contributed by atoms with Gasteiger partial charge in [-0.05, 0) is 0 Å². The maximum absolute atomic E-state index is 8.65. The third-order valence-electron chi connectivity index (χ3n) is 2.37. The van der Waals surface area contributed by atoms with Crippen LogP contribution in [0.1, 0.15) is 19.8 Å². The van der Waals surface area contributed by atoms with Crippen LogP contribution in [0, 0.1) is 0 Å². The fourth-order valence-electron chi connectivity index (χ4n) is 1.71. The van der Waals surface area contributed by atoms with Gasteiger partial charge in [0.15, 0.2) is 0 Å². The standard InChI is InChI=1S/C7H18NO4P/c1-2-8-5-3-4-7(8)6-12-13(9,10)11/h7,9-11,13H,2-6H2,1H3. The van der Waals surface area contributed by atoms with Crippen molar-refractivity contribution in [3.63, 3.8) is 0 Å². The van der Waals surface area contributed by atoms with Crippen LogP contribution in [0.2, 0.25) is 0 Å². The van der Waals surface area contributed by atoms with Gasteiger partial charge in [-0.25, -0.2) is 0 Å². The fourth-order valence-corrected chi connectivity index (χ4v) is 2.12. The molecule has 1 aliphatic heterocycles. The van der Waals surface area contributed by atoms with Crippen LogP contribution in [0.5, 0.6) is 0 Å². The van der Waals surface area contributed by atoms with Crippen molar-refractivity contribution in [3.05, 3.63) is 0 Å². The van der Waals surface area contributed by atoms with Gasteiger partial charge in [0.1, 0.15) is 0 Å². The topological polar surface area (TPSA) is 73.2 Å². The zero-order chi connectivity index (χ0) is 9.90. The van der Waals surface area contributed by atoms with Crippen molar-refractivity contribution in [2.24, 2.45) is 0 Å². The first-order valence-corrected chi connectivity index (χ1v) is 6.33. The molecule has 0 saturated carbocycles. The van der Waals surface area contributed by atoms with Gasteiger partial charge in [-0.3, -0.25) is 0 Å². The van der Waals surface area contributed by atoms with Crippen LogP contribution < -0.4 is 0 Å². The summed E-state index contributed by atoms with van der Waals surface area (Å²) in [5, 5.41) is 0. The molecule has 1 fully saturated rings. The van der Waals surface area contributed by atoms with Gasteiger partial charge in [0.25, 0.3) is 0 Å². The summed E-state index contributed by atoms with van der Waals surface area (Å²) in [6.45, 7) is 4.23. The zero-order valence-electron chi connectivity index (χ0n) is 7.81. The van der Waals surface area contributed by atoms with Crippen LogP contribution in [0.25, 0.3) is 0 Å². The van der Waals surface area contributed by atoms with Gasteiger partial charge in [0, 0.05) is 0 Å². The second kappa shape index (κ2) is 4.64. The van der Waals surface area contributed by atoms with E-state index in [1.54, 1.807) is 0 Å². The Morgan fingerprint density at radius 1 is 1.46 bits per heavy atom. The van der Waals surface area contributed by atoms with Crippen LogP contribution in [-0.2, 0) is 4.52 Å². The second-order valence-corrected chi connectivity index (χ2v) is 4.75. The molecule has 1 atom stereocenters. The molecular formula is C7H18NO4P. The van der Waals surface area contributed by atoms with E-state index in [0.717, 1.165) is 25.9 Å². The molecule has 0 aromatic heterocycles. The van der Waals surface area contributed by atoms with Crippen molar-refractivity contribution >= 4 is 8.17 Å².